The number of sulfonamides is 1. The van der Waals surface area contributed by atoms with E-state index in [1.54, 1.807) is 0 Å². The number of nitrogens with two attached hydrogens (primary N) is 1. The van der Waals surface area contributed by atoms with Gasteiger partial charge < -0.3 is 10.5 Å². The van der Waals surface area contributed by atoms with E-state index in [4.69, 9.17) is 10.5 Å². The van der Waals surface area contributed by atoms with Crippen molar-refractivity contribution in [2.24, 2.45) is 5.73 Å². The van der Waals surface area contributed by atoms with Crippen molar-refractivity contribution in [1.29, 1.82) is 0 Å². The van der Waals surface area contributed by atoms with Crippen LogP contribution >= 0.6 is 12.4 Å². The van der Waals surface area contributed by atoms with Gasteiger partial charge in [-0.2, -0.15) is 0 Å². The Morgan fingerprint density at radius 1 is 1.28 bits per heavy atom. The molecule has 5 nitrogen and oxygen atoms in total. The van der Waals surface area contributed by atoms with Gasteiger partial charge >= 0.3 is 0 Å². The van der Waals surface area contributed by atoms with Gasteiger partial charge in [0.25, 0.3) is 0 Å². The summed E-state index contributed by atoms with van der Waals surface area (Å²) < 4.78 is 30.9. The number of hydrogen-bond acceptors (Lipinski definition) is 4. The van der Waals surface area contributed by atoms with Crippen LogP contribution in [0.3, 0.4) is 0 Å². The second-order valence-corrected chi connectivity index (χ2v) is 6.69. The van der Waals surface area contributed by atoms with E-state index in [9.17, 15) is 8.42 Å². The molecule has 0 aliphatic heterocycles. The molecule has 0 heterocycles. The van der Waals surface area contributed by atoms with Crippen LogP contribution < -0.4 is 10.5 Å². The quantitative estimate of drug-likeness (QED) is 0.688. The van der Waals surface area contributed by atoms with Gasteiger partial charge in [0.15, 0.2) is 0 Å². The van der Waals surface area contributed by atoms with Crippen molar-refractivity contribution in [3.63, 3.8) is 0 Å². The Balaban J connectivity index is 0.00000289. The van der Waals surface area contributed by atoms with Gasteiger partial charge in [-0.15, -0.1) is 12.4 Å². The summed E-state index contributed by atoms with van der Waals surface area (Å²) in [6, 6.07) is 0. The summed E-state index contributed by atoms with van der Waals surface area (Å²) >= 11 is 0. The van der Waals surface area contributed by atoms with E-state index >= 15 is 0 Å². The van der Waals surface area contributed by atoms with Crippen LogP contribution in [0.1, 0.15) is 39.0 Å². The summed E-state index contributed by atoms with van der Waals surface area (Å²) in [6.07, 6.45) is 5.20. The van der Waals surface area contributed by atoms with Crippen LogP contribution in [0.25, 0.3) is 0 Å². The summed E-state index contributed by atoms with van der Waals surface area (Å²) in [5, 5.41) is 0. The summed E-state index contributed by atoms with van der Waals surface area (Å²) in [4.78, 5) is 0. The van der Waals surface area contributed by atoms with Crippen LogP contribution in [0, 0.1) is 0 Å². The molecule has 0 bridgehead atoms. The lowest BCUT2D eigenvalue weighted by atomic mass is 9.83. The van der Waals surface area contributed by atoms with Crippen molar-refractivity contribution in [2.45, 2.75) is 44.6 Å². The number of hydrogen-bond donors (Lipinski definition) is 2. The first kappa shape index (κ1) is 18.1. The van der Waals surface area contributed by atoms with Crippen molar-refractivity contribution in [3.05, 3.63) is 0 Å². The van der Waals surface area contributed by atoms with Crippen molar-refractivity contribution >= 4 is 22.4 Å². The molecule has 3 N–H and O–H groups in total. The molecule has 0 aromatic heterocycles. The summed E-state index contributed by atoms with van der Waals surface area (Å²) in [6.45, 7) is 2.97. The zero-order chi connectivity index (χ0) is 12.8. The molecule has 0 saturated heterocycles. The van der Waals surface area contributed by atoms with Crippen LogP contribution in [0.4, 0.5) is 0 Å². The largest absolute Gasteiger partial charge is 0.381 e. The molecule has 1 fully saturated rings. The van der Waals surface area contributed by atoms with Gasteiger partial charge in [-0.1, -0.05) is 19.3 Å². The van der Waals surface area contributed by atoms with Crippen LogP contribution in [0.2, 0.25) is 0 Å². The zero-order valence-corrected chi connectivity index (χ0v) is 12.6. The normalized spacial score (nSPS) is 19.2. The second kappa shape index (κ2) is 8.32. The molecular formula is C11H25ClN2O3S. The fourth-order valence-corrected chi connectivity index (χ4v) is 3.06. The van der Waals surface area contributed by atoms with Gasteiger partial charge in [-0.05, 0) is 19.8 Å². The molecule has 1 rings (SSSR count). The predicted octanol–water partition coefficient (Wildman–Crippen LogP) is 1.03. The predicted molar refractivity (Wildman–Crippen MR) is 75.5 cm³/mol. The van der Waals surface area contributed by atoms with Crippen LogP contribution in [0.15, 0.2) is 0 Å². The minimum atomic E-state index is -3.25. The van der Waals surface area contributed by atoms with Gasteiger partial charge in [0.05, 0.1) is 12.4 Å². The zero-order valence-electron chi connectivity index (χ0n) is 11.0. The molecule has 0 aromatic rings. The summed E-state index contributed by atoms with van der Waals surface area (Å²) in [5.41, 5.74) is 5.81. The first-order valence-electron chi connectivity index (χ1n) is 6.31. The topological polar surface area (TPSA) is 81.4 Å². The molecular weight excluding hydrogens is 276 g/mol. The third-order valence-electron chi connectivity index (χ3n) is 3.19. The molecule has 0 spiro atoms. The smallest absolute Gasteiger partial charge is 0.213 e. The standard InChI is InChI=1S/C11H24N2O3S.ClH/c1-2-16-8-9-17(14,15)13-10-11(12)6-4-3-5-7-11;/h13H,2-10,12H2,1H3;1H. The average molecular weight is 301 g/mol. The molecule has 0 aromatic carbocycles. The van der Waals surface area contributed by atoms with Crippen molar-refractivity contribution in [3.8, 4) is 0 Å². The first-order chi connectivity index (χ1) is 7.97. The molecule has 0 unspecified atom stereocenters. The van der Waals surface area contributed by atoms with E-state index < -0.39 is 10.0 Å². The van der Waals surface area contributed by atoms with E-state index in [0.717, 1.165) is 25.7 Å². The van der Waals surface area contributed by atoms with Crippen LogP contribution in [-0.2, 0) is 14.8 Å². The highest BCUT2D eigenvalue weighted by Crippen LogP contribution is 2.25. The Hall–Kier alpha value is 0.120. The molecule has 110 valence electrons. The number of nitrogens with one attached hydrogen (secondary N) is 1. The molecule has 0 amide bonds. The fraction of sp³-hybridized carbons (Fsp3) is 1.00. The molecule has 7 heteroatoms. The van der Waals surface area contributed by atoms with E-state index in [0.29, 0.717) is 13.2 Å². The molecule has 1 aliphatic carbocycles. The van der Waals surface area contributed by atoms with Gasteiger partial charge in [0, 0.05) is 18.7 Å². The van der Waals surface area contributed by atoms with Crippen molar-refractivity contribution in [1.82, 2.24) is 4.72 Å². The third-order valence-corrected chi connectivity index (χ3v) is 4.48. The monoisotopic (exact) mass is 300 g/mol. The SMILES string of the molecule is CCOCCS(=O)(=O)NCC1(N)CCCCC1.Cl. The maximum atomic E-state index is 11.6. The maximum Gasteiger partial charge on any atom is 0.213 e. The minimum absolute atomic E-state index is 0. The lowest BCUT2D eigenvalue weighted by Crippen LogP contribution is -2.51. The Morgan fingerprint density at radius 3 is 2.44 bits per heavy atom. The third kappa shape index (κ3) is 6.89. The fourth-order valence-electron chi connectivity index (χ4n) is 2.07. The summed E-state index contributed by atoms with van der Waals surface area (Å²) in [5.74, 6) is 0.0108. The van der Waals surface area contributed by atoms with E-state index in [2.05, 4.69) is 4.72 Å². The maximum absolute atomic E-state index is 11.6. The number of halogens is 1. The highest BCUT2D eigenvalue weighted by atomic mass is 35.5. The Kier molecular flexibility index (Phi) is 8.38. The molecule has 0 radical (unpaired) electrons. The average Bonchev–Trinajstić information content (AvgIpc) is 2.28. The van der Waals surface area contributed by atoms with Gasteiger partial charge in [-0.3, -0.25) is 0 Å². The lowest BCUT2D eigenvalue weighted by Gasteiger charge is -2.33. The highest BCUT2D eigenvalue weighted by Gasteiger charge is 2.28. The Labute approximate surface area is 116 Å². The summed E-state index contributed by atoms with van der Waals surface area (Å²) in [7, 11) is -3.25. The first-order valence-corrected chi connectivity index (χ1v) is 7.97. The second-order valence-electron chi connectivity index (χ2n) is 4.76. The minimum Gasteiger partial charge on any atom is -0.381 e. The van der Waals surface area contributed by atoms with Gasteiger partial charge in [0.2, 0.25) is 10.0 Å². The number of rotatable bonds is 7. The molecule has 1 aliphatic rings. The van der Waals surface area contributed by atoms with Gasteiger partial charge in [0.1, 0.15) is 0 Å². The molecule has 1 saturated carbocycles. The van der Waals surface area contributed by atoms with Crippen molar-refractivity contribution in [2.75, 3.05) is 25.5 Å². The Bertz CT molecular complexity index is 316. The lowest BCUT2D eigenvalue weighted by molar-refractivity contribution is 0.163. The number of ether oxygens (including phenoxy) is 1. The van der Waals surface area contributed by atoms with Crippen LogP contribution in [-0.4, -0.2) is 39.5 Å². The van der Waals surface area contributed by atoms with Crippen molar-refractivity contribution < 1.29 is 13.2 Å². The van der Waals surface area contributed by atoms with Crippen LogP contribution in [0.5, 0.6) is 0 Å². The molecule has 18 heavy (non-hydrogen) atoms. The Morgan fingerprint density at radius 2 is 1.89 bits per heavy atom. The van der Waals surface area contributed by atoms with Gasteiger partial charge in [-0.25, -0.2) is 13.1 Å². The highest BCUT2D eigenvalue weighted by molar-refractivity contribution is 7.89. The van der Waals surface area contributed by atoms with E-state index in [1.165, 1.54) is 6.42 Å². The molecule has 0 atom stereocenters. The van der Waals surface area contributed by atoms with E-state index in [-0.39, 0.29) is 30.3 Å². The van der Waals surface area contributed by atoms with E-state index in [1.807, 2.05) is 6.92 Å².